The van der Waals surface area contributed by atoms with E-state index >= 15 is 0 Å². The summed E-state index contributed by atoms with van der Waals surface area (Å²) in [5.41, 5.74) is 0.285. The molecule has 0 bridgehead atoms. The van der Waals surface area contributed by atoms with Crippen molar-refractivity contribution in [1.82, 2.24) is 0 Å². The monoisotopic (exact) mass is 630 g/mol. The van der Waals surface area contributed by atoms with Gasteiger partial charge in [0, 0.05) is 0 Å². The van der Waals surface area contributed by atoms with Gasteiger partial charge in [-0.2, -0.15) is 0 Å². The van der Waals surface area contributed by atoms with E-state index in [1.54, 1.807) is 39.1 Å². The van der Waals surface area contributed by atoms with Gasteiger partial charge in [-0.3, -0.25) is 0 Å². The number of hydrogen-bond donors (Lipinski definition) is 0. The van der Waals surface area contributed by atoms with Crippen molar-refractivity contribution in [1.29, 1.82) is 0 Å². The normalized spacial score (nSPS) is 18.5. The van der Waals surface area contributed by atoms with Crippen molar-refractivity contribution in [3.05, 3.63) is 0 Å². The van der Waals surface area contributed by atoms with E-state index in [1.165, 1.54) is 122 Å². The van der Waals surface area contributed by atoms with E-state index in [0.717, 1.165) is 0 Å². The van der Waals surface area contributed by atoms with E-state index in [0.29, 0.717) is 0 Å². The Labute approximate surface area is 233 Å². The Bertz CT molecular complexity index is 476. The molecule has 0 N–H and O–H groups in total. The van der Waals surface area contributed by atoms with Crippen LogP contribution in [0, 0.1) is 0 Å². The fourth-order valence-corrected chi connectivity index (χ4v) is 67.5. The van der Waals surface area contributed by atoms with Crippen molar-refractivity contribution >= 4 is 22.9 Å². The second-order valence-corrected chi connectivity index (χ2v) is 49.5. The van der Waals surface area contributed by atoms with Gasteiger partial charge in [0.2, 0.25) is 0 Å². The van der Waals surface area contributed by atoms with Crippen LogP contribution in [0.5, 0.6) is 0 Å². The van der Waals surface area contributed by atoms with Gasteiger partial charge in [-0.15, -0.1) is 0 Å². The third-order valence-electron chi connectivity index (χ3n) is 9.80. The topological polar surface area (TPSA) is 9.23 Å². The zero-order chi connectivity index (χ0) is 26.6. The Hall–Kier alpha value is 1.05. The van der Waals surface area contributed by atoms with Gasteiger partial charge in [-0.1, -0.05) is 0 Å². The summed E-state index contributed by atoms with van der Waals surface area (Å²) in [6, 6.07) is 0. The molecule has 1 aliphatic rings. The fraction of sp³-hybridized carbons (Fsp3) is 1.00. The minimum absolute atomic E-state index is 0.285. The second-order valence-electron chi connectivity index (χ2n) is 12.8. The van der Waals surface area contributed by atoms with Crippen LogP contribution in [-0.2, 0) is 3.76 Å². The molecule has 0 aromatic rings. The van der Waals surface area contributed by atoms with Crippen LogP contribution in [0.1, 0.15) is 176 Å². The third kappa shape index (κ3) is 11.7. The summed E-state index contributed by atoms with van der Waals surface area (Å²) >= 11 is -4.45. The van der Waals surface area contributed by atoms with Gasteiger partial charge >= 0.3 is 235 Å². The standard InChI is InChI=1S/C33H70Ge2O/c1-7-13-19-25-33(26-20-14-8-2)27-32-34(28-21-15-9-3,29-22-16-10-4)35(36-33,30-23-17-11-5)31-24-18-12-6/h7-32H2,1-6H3. The van der Waals surface area contributed by atoms with E-state index < -0.39 is 22.9 Å². The zero-order valence-corrected chi connectivity index (χ0v) is 30.5. The molecule has 1 rings (SSSR count). The quantitative estimate of drug-likeness (QED) is 0.0764. The summed E-state index contributed by atoms with van der Waals surface area (Å²) in [5.74, 6) is 0. The molecule has 1 saturated heterocycles. The molecular formula is C33H70Ge2O. The fourth-order valence-electron chi connectivity index (χ4n) is 7.48. The van der Waals surface area contributed by atoms with E-state index in [9.17, 15) is 0 Å². The van der Waals surface area contributed by atoms with E-state index in [-0.39, 0.29) is 5.60 Å². The second kappa shape index (κ2) is 20.9. The van der Waals surface area contributed by atoms with Crippen LogP contribution in [0.2, 0.25) is 26.3 Å². The Balaban J connectivity index is 3.45. The summed E-state index contributed by atoms with van der Waals surface area (Å²) in [4.78, 5) is 0. The number of hydrogen-bond acceptors (Lipinski definition) is 1. The van der Waals surface area contributed by atoms with Crippen molar-refractivity contribution in [2.24, 2.45) is 0 Å². The molecule has 36 heavy (non-hydrogen) atoms. The third-order valence-corrected chi connectivity index (χ3v) is 64.3. The maximum absolute atomic E-state index is 8.20. The summed E-state index contributed by atoms with van der Waals surface area (Å²) < 4.78 is 8.20. The Kier molecular flexibility index (Phi) is 20.3. The van der Waals surface area contributed by atoms with Crippen LogP contribution < -0.4 is 0 Å². The van der Waals surface area contributed by atoms with Crippen LogP contribution >= 0.6 is 0 Å². The first kappa shape index (κ1) is 35.1. The van der Waals surface area contributed by atoms with Gasteiger partial charge in [0.05, 0.1) is 0 Å². The van der Waals surface area contributed by atoms with Crippen LogP contribution in [0.25, 0.3) is 0 Å². The minimum atomic E-state index is -2.41. The molecule has 0 atom stereocenters. The SMILES string of the molecule is CCCCCC1(CCCCC)C[CH2][Ge]([CH2]CCCC)([CH2]CCCC)[Ge]([CH2]CCCC)([CH2]CCCC)[O]1. The van der Waals surface area contributed by atoms with Crippen LogP contribution in [0.3, 0.4) is 0 Å². The van der Waals surface area contributed by atoms with Crippen LogP contribution in [0.15, 0.2) is 0 Å². The molecule has 0 amide bonds. The summed E-state index contributed by atoms with van der Waals surface area (Å²) in [7, 11) is 0. The van der Waals surface area contributed by atoms with Gasteiger partial charge in [-0.25, -0.2) is 0 Å². The van der Waals surface area contributed by atoms with E-state index in [1.807, 2.05) is 0 Å². The molecule has 0 saturated carbocycles. The molecule has 3 heteroatoms. The van der Waals surface area contributed by atoms with Gasteiger partial charge in [-0.05, 0) is 0 Å². The Morgan fingerprint density at radius 2 is 0.833 bits per heavy atom. The van der Waals surface area contributed by atoms with Gasteiger partial charge in [0.1, 0.15) is 0 Å². The molecule has 1 aliphatic heterocycles. The van der Waals surface area contributed by atoms with Gasteiger partial charge in [0.15, 0.2) is 0 Å². The number of rotatable bonds is 24. The van der Waals surface area contributed by atoms with Gasteiger partial charge < -0.3 is 0 Å². The predicted molar refractivity (Wildman–Crippen MR) is 170 cm³/mol. The van der Waals surface area contributed by atoms with E-state index in [2.05, 4.69) is 41.5 Å². The average molecular weight is 628 g/mol. The van der Waals surface area contributed by atoms with E-state index in [4.69, 9.17) is 3.76 Å². The van der Waals surface area contributed by atoms with Crippen LogP contribution in [-0.4, -0.2) is 28.5 Å². The summed E-state index contributed by atoms with van der Waals surface area (Å²) in [6.45, 7) is 14.4. The summed E-state index contributed by atoms with van der Waals surface area (Å²) in [5, 5.41) is 8.29. The number of unbranched alkanes of at least 4 members (excludes halogenated alkanes) is 12. The first-order chi connectivity index (χ1) is 17.5. The Morgan fingerprint density at radius 1 is 0.472 bits per heavy atom. The molecule has 0 aromatic heterocycles. The van der Waals surface area contributed by atoms with Crippen molar-refractivity contribution in [2.45, 2.75) is 208 Å². The molecule has 0 aromatic carbocycles. The summed E-state index contributed by atoms with van der Waals surface area (Å²) in [6.07, 6.45) is 30.0. The average Bonchev–Trinajstić information content (AvgIpc) is 2.87. The molecule has 216 valence electrons. The first-order valence-corrected chi connectivity index (χ1v) is 32.0. The predicted octanol–water partition coefficient (Wildman–Crippen LogP) is 12.5. The molecule has 0 spiro atoms. The molecule has 0 aliphatic carbocycles. The van der Waals surface area contributed by atoms with Crippen molar-refractivity contribution in [2.75, 3.05) is 0 Å². The van der Waals surface area contributed by atoms with Crippen molar-refractivity contribution in [3.8, 4) is 0 Å². The van der Waals surface area contributed by atoms with Crippen molar-refractivity contribution < 1.29 is 3.76 Å². The Morgan fingerprint density at radius 3 is 1.22 bits per heavy atom. The molecule has 1 nitrogen and oxygen atoms in total. The first-order valence-electron chi connectivity index (χ1n) is 17.2. The van der Waals surface area contributed by atoms with Gasteiger partial charge in [0.25, 0.3) is 0 Å². The van der Waals surface area contributed by atoms with Crippen molar-refractivity contribution in [3.63, 3.8) is 0 Å². The molecule has 0 radical (unpaired) electrons. The molecular weight excluding hydrogens is 558 g/mol. The van der Waals surface area contributed by atoms with Crippen LogP contribution in [0.4, 0.5) is 0 Å². The molecule has 1 fully saturated rings. The molecule has 1 heterocycles. The maximum atomic E-state index is 8.20. The molecule has 0 unspecified atom stereocenters. The zero-order valence-electron chi connectivity index (χ0n) is 26.3.